The van der Waals surface area contributed by atoms with E-state index in [1.165, 1.54) is 0 Å². The quantitative estimate of drug-likeness (QED) is 0.829. The summed E-state index contributed by atoms with van der Waals surface area (Å²) in [5.74, 6) is 1.32. The van der Waals surface area contributed by atoms with Crippen molar-refractivity contribution in [3.63, 3.8) is 0 Å². The van der Waals surface area contributed by atoms with Crippen molar-refractivity contribution in [1.82, 2.24) is 9.97 Å². The normalized spacial score (nSPS) is 10.3. The predicted molar refractivity (Wildman–Crippen MR) is 80.1 cm³/mol. The van der Waals surface area contributed by atoms with Gasteiger partial charge in [0.05, 0.1) is 11.6 Å². The first-order valence-corrected chi connectivity index (χ1v) is 6.90. The summed E-state index contributed by atoms with van der Waals surface area (Å²) >= 11 is 15.3. The fourth-order valence-electron chi connectivity index (χ4n) is 1.54. The molecule has 7 heteroatoms. The van der Waals surface area contributed by atoms with E-state index in [0.29, 0.717) is 17.4 Å². The molecule has 100 valence electrons. The van der Waals surface area contributed by atoms with Crippen molar-refractivity contribution >= 4 is 44.9 Å². The van der Waals surface area contributed by atoms with E-state index in [9.17, 15) is 0 Å². The zero-order chi connectivity index (χ0) is 13.8. The van der Waals surface area contributed by atoms with Gasteiger partial charge >= 0.3 is 0 Å². The van der Waals surface area contributed by atoms with Crippen LogP contribution in [0.3, 0.4) is 0 Å². The summed E-state index contributed by atoms with van der Waals surface area (Å²) in [5.41, 5.74) is 0.855. The third-order valence-corrected chi connectivity index (χ3v) is 3.56. The van der Waals surface area contributed by atoms with Crippen molar-refractivity contribution < 1.29 is 4.74 Å². The lowest BCUT2D eigenvalue weighted by atomic mass is 10.2. The third kappa shape index (κ3) is 3.49. The maximum absolute atomic E-state index is 6.15. The summed E-state index contributed by atoms with van der Waals surface area (Å²) in [6.45, 7) is 0.467. The molecule has 0 aliphatic rings. The lowest BCUT2D eigenvalue weighted by Crippen LogP contribution is -2.05. The number of aromatic nitrogens is 2. The van der Waals surface area contributed by atoms with Crippen LogP contribution in [0.5, 0.6) is 5.75 Å². The highest BCUT2D eigenvalue weighted by molar-refractivity contribution is 9.10. The minimum absolute atomic E-state index is 0.178. The van der Waals surface area contributed by atoms with Gasteiger partial charge in [-0.15, -0.1) is 0 Å². The number of nitrogens with one attached hydrogen (secondary N) is 1. The van der Waals surface area contributed by atoms with Crippen LogP contribution in [0.15, 0.2) is 28.9 Å². The molecule has 19 heavy (non-hydrogen) atoms. The van der Waals surface area contributed by atoms with E-state index in [1.54, 1.807) is 13.3 Å². The molecule has 0 unspecified atom stereocenters. The Hall–Kier alpha value is -1.04. The van der Waals surface area contributed by atoms with Gasteiger partial charge in [-0.25, -0.2) is 4.98 Å². The Labute approximate surface area is 129 Å². The second kappa shape index (κ2) is 6.41. The summed E-state index contributed by atoms with van der Waals surface area (Å²) in [6.07, 6.45) is 1.58. The highest BCUT2D eigenvalue weighted by Crippen LogP contribution is 2.28. The third-order valence-electron chi connectivity index (χ3n) is 2.44. The lowest BCUT2D eigenvalue weighted by molar-refractivity contribution is 0.410. The van der Waals surface area contributed by atoms with Crippen LogP contribution >= 0.6 is 39.1 Å². The van der Waals surface area contributed by atoms with E-state index in [4.69, 9.17) is 27.9 Å². The van der Waals surface area contributed by atoms with E-state index in [2.05, 4.69) is 31.2 Å². The first kappa shape index (κ1) is 14.4. The maximum Gasteiger partial charge on any atom is 0.224 e. The van der Waals surface area contributed by atoms with Gasteiger partial charge in [0.25, 0.3) is 0 Å². The van der Waals surface area contributed by atoms with Gasteiger partial charge in [0.1, 0.15) is 11.6 Å². The monoisotopic (exact) mass is 361 g/mol. The SMILES string of the molecule is COc1cccc(Cl)c1CNc1nc(Cl)ncc1Br. The summed E-state index contributed by atoms with van der Waals surface area (Å²) in [5, 5.41) is 3.94. The van der Waals surface area contributed by atoms with Crippen LogP contribution in [0.25, 0.3) is 0 Å². The number of anilines is 1. The summed E-state index contributed by atoms with van der Waals surface area (Å²) in [4.78, 5) is 7.95. The van der Waals surface area contributed by atoms with Crippen LogP contribution in [0.4, 0.5) is 5.82 Å². The molecule has 0 aliphatic heterocycles. The second-order valence-corrected chi connectivity index (χ2v) is 5.21. The molecular weight excluding hydrogens is 353 g/mol. The van der Waals surface area contributed by atoms with Crippen molar-refractivity contribution in [2.75, 3.05) is 12.4 Å². The standard InChI is InChI=1S/C12H10BrCl2N3O/c1-19-10-4-2-3-9(14)7(10)5-16-11-8(13)6-17-12(15)18-11/h2-4,6H,5H2,1H3,(H,16,17,18). The molecule has 1 aromatic heterocycles. The van der Waals surface area contributed by atoms with E-state index in [0.717, 1.165) is 15.8 Å². The first-order valence-electron chi connectivity index (χ1n) is 5.35. The smallest absolute Gasteiger partial charge is 0.224 e. The molecular formula is C12H10BrCl2N3O. The molecule has 1 N–H and O–H groups in total. The lowest BCUT2D eigenvalue weighted by Gasteiger charge is -2.12. The van der Waals surface area contributed by atoms with Crippen molar-refractivity contribution in [1.29, 1.82) is 0 Å². The van der Waals surface area contributed by atoms with Crippen LogP contribution in [-0.4, -0.2) is 17.1 Å². The van der Waals surface area contributed by atoms with Crippen molar-refractivity contribution in [2.24, 2.45) is 0 Å². The molecule has 0 fully saturated rings. The number of methoxy groups -OCH3 is 1. The van der Waals surface area contributed by atoms with E-state index < -0.39 is 0 Å². The molecule has 0 saturated heterocycles. The number of nitrogens with zero attached hydrogens (tertiary/aromatic N) is 2. The zero-order valence-electron chi connectivity index (χ0n) is 9.95. The molecule has 0 atom stereocenters. The highest BCUT2D eigenvalue weighted by Gasteiger charge is 2.09. The molecule has 0 amide bonds. The van der Waals surface area contributed by atoms with Crippen molar-refractivity contribution in [3.8, 4) is 5.75 Å². The van der Waals surface area contributed by atoms with Gasteiger partial charge < -0.3 is 10.1 Å². The molecule has 4 nitrogen and oxygen atoms in total. The summed E-state index contributed by atoms with van der Waals surface area (Å²) in [6, 6.07) is 5.50. The Bertz CT molecular complexity index is 595. The van der Waals surface area contributed by atoms with E-state index in [-0.39, 0.29) is 5.28 Å². The number of rotatable bonds is 4. The van der Waals surface area contributed by atoms with Crippen molar-refractivity contribution in [2.45, 2.75) is 6.54 Å². The van der Waals surface area contributed by atoms with Crippen molar-refractivity contribution in [3.05, 3.63) is 44.7 Å². The summed E-state index contributed by atoms with van der Waals surface area (Å²) in [7, 11) is 1.60. The first-order chi connectivity index (χ1) is 9.11. The minimum Gasteiger partial charge on any atom is -0.496 e. The topological polar surface area (TPSA) is 47.0 Å². The van der Waals surface area contributed by atoms with Crippen LogP contribution in [-0.2, 0) is 6.54 Å². The van der Waals surface area contributed by atoms with Crippen LogP contribution < -0.4 is 10.1 Å². The van der Waals surface area contributed by atoms with Gasteiger partial charge in [-0.05, 0) is 39.7 Å². The van der Waals surface area contributed by atoms with Crippen LogP contribution in [0.2, 0.25) is 10.3 Å². The average Bonchev–Trinajstić information content (AvgIpc) is 2.40. The van der Waals surface area contributed by atoms with Crippen LogP contribution in [0, 0.1) is 0 Å². The number of halogens is 3. The van der Waals surface area contributed by atoms with Gasteiger partial charge in [0.15, 0.2) is 0 Å². The molecule has 0 radical (unpaired) electrons. The number of benzene rings is 1. The Balaban J connectivity index is 2.21. The number of ether oxygens (including phenoxy) is 1. The van der Waals surface area contributed by atoms with Gasteiger partial charge in [-0.2, -0.15) is 4.98 Å². The van der Waals surface area contributed by atoms with Gasteiger partial charge in [-0.3, -0.25) is 0 Å². The number of hydrogen-bond acceptors (Lipinski definition) is 4. The molecule has 0 bridgehead atoms. The fraction of sp³-hybridized carbons (Fsp3) is 0.167. The number of hydrogen-bond donors (Lipinski definition) is 1. The van der Waals surface area contributed by atoms with Gasteiger partial charge in [0, 0.05) is 23.3 Å². The van der Waals surface area contributed by atoms with Gasteiger partial charge in [0.2, 0.25) is 5.28 Å². The van der Waals surface area contributed by atoms with E-state index in [1.807, 2.05) is 18.2 Å². The maximum atomic E-state index is 6.15. The Morgan fingerprint density at radius 2 is 2.16 bits per heavy atom. The largest absolute Gasteiger partial charge is 0.496 e. The Morgan fingerprint density at radius 3 is 2.89 bits per heavy atom. The Kier molecular flexibility index (Phi) is 4.85. The fourth-order valence-corrected chi connectivity index (χ4v) is 2.24. The minimum atomic E-state index is 0.178. The second-order valence-electron chi connectivity index (χ2n) is 3.61. The van der Waals surface area contributed by atoms with Crippen LogP contribution in [0.1, 0.15) is 5.56 Å². The molecule has 0 saturated carbocycles. The Morgan fingerprint density at radius 1 is 1.37 bits per heavy atom. The molecule has 1 heterocycles. The molecule has 1 aromatic carbocycles. The highest BCUT2D eigenvalue weighted by atomic mass is 79.9. The molecule has 0 spiro atoms. The molecule has 2 rings (SSSR count). The van der Waals surface area contributed by atoms with E-state index >= 15 is 0 Å². The average molecular weight is 363 g/mol. The van der Waals surface area contributed by atoms with Gasteiger partial charge in [-0.1, -0.05) is 17.7 Å². The molecule has 2 aromatic rings. The summed E-state index contributed by atoms with van der Waals surface area (Å²) < 4.78 is 6.00. The predicted octanol–water partition coefficient (Wildman–Crippen LogP) is 4.17. The molecule has 0 aliphatic carbocycles. The zero-order valence-corrected chi connectivity index (χ0v) is 13.1.